The minimum absolute atomic E-state index is 0.106. The zero-order valence-electron chi connectivity index (χ0n) is 18.8. The van der Waals surface area contributed by atoms with E-state index in [9.17, 15) is 23.1 Å². The Hall–Kier alpha value is -3.47. The zero-order chi connectivity index (χ0) is 25.2. The first-order valence-electron chi connectivity index (χ1n) is 10.9. The average molecular weight is 487 g/mol. The molecule has 35 heavy (non-hydrogen) atoms. The van der Waals surface area contributed by atoms with E-state index in [1.54, 1.807) is 30.3 Å². The van der Waals surface area contributed by atoms with E-state index in [-0.39, 0.29) is 31.9 Å². The molecule has 2 heterocycles. The monoisotopic (exact) mass is 487 g/mol. The summed E-state index contributed by atoms with van der Waals surface area (Å²) in [6.07, 6.45) is -4.55. The van der Waals surface area contributed by atoms with Gasteiger partial charge in [0.05, 0.1) is 31.1 Å². The number of nitrogens with one attached hydrogen (secondary N) is 2. The molecule has 1 fully saturated rings. The molecule has 0 atom stereocenters. The molecule has 1 aromatic heterocycles. The number of halogens is 3. The molecule has 10 heteroatoms. The molecule has 1 amide bonds. The van der Waals surface area contributed by atoms with Gasteiger partial charge >= 0.3 is 6.18 Å². The summed E-state index contributed by atoms with van der Waals surface area (Å²) in [5.41, 5.74) is 0.839. The number of hydrogen-bond donors (Lipinski definition) is 4. The van der Waals surface area contributed by atoms with Gasteiger partial charge in [-0.05, 0) is 66.1 Å². The second kappa shape index (κ2) is 9.65. The first-order valence-corrected chi connectivity index (χ1v) is 10.9. The van der Waals surface area contributed by atoms with Gasteiger partial charge in [0.15, 0.2) is 5.60 Å². The van der Waals surface area contributed by atoms with Gasteiger partial charge in [-0.3, -0.25) is 4.79 Å². The summed E-state index contributed by atoms with van der Waals surface area (Å²) in [5.74, 6) is -0.225. The highest BCUT2D eigenvalue weighted by Gasteiger charge is 2.40. The third-order valence-corrected chi connectivity index (χ3v) is 5.66. The summed E-state index contributed by atoms with van der Waals surface area (Å²) < 4.78 is 44.2. The van der Waals surface area contributed by atoms with Crippen molar-refractivity contribution in [2.24, 2.45) is 0 Å². The van der Waals surface area contributed by atoms with Crippen molar-refractivity contribution in [1.29, 1.82) is 0 Å². The van der Waals surface area contributed by atoms with E-state index in [0.29, 0.717) is 22.8 Å². The molecule has 0 unspecified atom stereocenters. The minimum Gasteiger partial charge on any atom is -0.395 e. The Morgan fingerprint density at radius 2 is 1.91 bits per heavy atom. The van der Waals surface area contributed by atoms with Crippen molar-refractivity contribution in [2.45, 2.75) is 18.7 Å². The second-order valence-corrected chi connectivity index (χ2v) is 8.36. The molecule has 0 spiro atoms. The van der Waals surface area contributed by atoms with Crippen molar-refractivity contribution < 1.29 is 32.9 Å². The molecular formula is C25H24F3N3O4. The van der Waals surface area contributed by atoms with Gasteiger partial charge in [0.1, 0.15) is 5.82 Å². The number of hydrogen-bond acceptors (Lipinski definition) is 6. The fourth-order valence-electron chi connectivity index (χ4n) is 3.69. The third-order valence-electron chi connectivity index (χ3n) is 5.66. The maximum Gasteiger partial charge on any atom is 0.416 e. The van der Waals surface area contributed by atoms with Crippen LogP contribution in [0.1, 0.15) is 27.2 Å². The van der Waals surface area contributed by atoms with Crippen LogP contribution < -0.4 is 10.6 Å². The molecule has 4 rings (SSSR count). The SMILES string of the molecule is Cc1ccc(NC(=O)c2cccc(C(F)(F)F)c2)cc1-c1cc(NCCO)nc(C2(O)COC2)c1. The number of aromatic nitrogens is 1. The lowest BCUT2D eigenvalue weighted by Crippen LogP contribution is -2.47. The van der Waals surface area contributed by atoms with E-state index in [2.05, 4.69) is 15.6 Å². The second-order valence-electron chi connectivity index (χ2n) is 8.36. The van der Waals surface area contributed by atoms with Gasteiger partial charge in [-0.2, -0.15) is 13.2 Å². The summed E-state index contributed by atoms with van der Waals surface area (Å²) in [6, 6.07) is 12.8. The number of aliphatic hydroxyl groups is 2. The summed E-state index contributed by atoms with van der Waals surface area (Å²) in [4.78, 5) is 17.1. The predicted octanol–water partition coefficient (Wildman–Crippen LogP) is 3.95. The van der Waals surface area contributed by atoms with Crippen LogP contribution in [0.25, 0.3) is 11.1 Å². The molecule has 2 aromatic carbocycles. The molecule has 0 saturated carbocycles. The number of ether oxygens (including phenoxy) is 1. The molecule has 3 aromatic rings. The number of carbonyl (C=O) groups is 1. The van der Waals surface area contributed by atoms with Gasteiger partial charge in [0, 0.05) is 17.8 Å². The molecule has 4 N–H and O–H groups in total. The maximum atomic E-state index is 13.0. The van der Waals surface area contributed by atoms with Crippen LogP contribution in [0.2, 0.25) is 0 Å². The van der Waals surface area contributed by atoms with Gasteiger partial charge in [-0.1, -0.05) is 12.1 Å². The molecule has 1 aliphatic heterocycles. The smallest absolute Gasteiger partial charge is 0.395 e. The number of anilines is 2. The van der Waals surface area contributed by atoms with Crippen LogP contribution in [-0.2, 0) is 16.5 Å². The zero-order valence-corrected chi connectivity index (χ0v) is 18.8. The minimum atomic E-state index is -4.55. The van der Waals surface area contributed by atoms with Gasteiger partial charge in [-0.25, -0.2) is 4.98 Å². The Balaban J connectivity index is 1.66. The number of aryl methyl sites for hydroxylation is 1. The van der Waals surface area contributed by atoms with Crippen LogP contribution in [0, 0.1) is 6.92 Å². The Labute approximate surface area is 199 Å². The molecule has 0 radical (unpaired) electrons. The summed E-state index contributed by atoms with van der Waals surface area (Å²) >= 11 is 0. The van der Waals surface area contributed by atoms with Gasteiger partial charge in [0.25, 0.3) is 5.91 Å². The summed E-state index contributed by atoms with van der Waals surface area (Å²) in [6.45, 7) is 2.24. The molecule has 7 nitrogen and oxygen atoms in total. The highest BCUT2D eigenvalue weighted by atomic mass is 19.4. The summed E-state index contributed by atoms with van der Waals surface area (Å²) in [7, 11) is 0. The van der Waals surface area contributed by atoms with Crippen LogP contribution in [0.15, 0.2) is 54.6 Å². The van der Waals surface area contributed by atoms with E-state index >= 15 is 0 Å². The number of alkyl halides is 3. The van der Waals surface area contributed by atoms with Crippen molar-refractivity contribution in [3.63, 3.8) is 0 Å². The third kappa shape index (κ3) is 5.45. The first kappa shape index (κ1) is 24.6. The van der Waals surface area contributed by atoms with E-state index < -0.39 is 23.2 Å². The fraction of sp³-hybridized carbons (Fsp3) is 0.280. The van der Waals surface area contributed by atoms with Crippen molar-refractivity contribution >= 4 is 17.4 Å². The van der Waals surface area contributed by atoms with Gasteiger partial charge in [0.2, 0.25) is 0 Å². The van der Waals surface area contributed by atoms with Gasteiger partial charge in [-0.15, -0.1) is 0 Å². The molecular weight excluding hydrogens is 463 g/mol. The Kier molecular flexibility index (Phi) is 6.79. The standard InChI is InChI=1S/C25H24F3N3O4/c1-15-5-6-19(30-23(33)16-3-2-4-18(9-16)25(26,27)28)12-20(15)17-10-21(24(34)13-35-14-24)31-22(11-17)29-7-8-32/h2-6,9-12,32,34H,7-8,13-14H2,1H3,(H,29,31)(H,30,33). The Morgan fingerprint density at radius 3 is 2.57 bits per heavy atom. The molecule has 1 aliphatic rings. The van der Waals surface area contributed by atoms with Crippen LogP contribution in [-0.4, -0.2) is 47.5 Å². The van der Waals surface area contributed by atoms with Crippen molar-refractivity contribution in [1.82, 2.24) is 4.98 Å². The lowest BCUT2D eigenvalue weighted by Gasteiger charge is -2.36. The number of aliphatic hydroxyl groups excluding tert-OH is 1. The average Bonchev–Trinajstić information content (AvgIpc) is 2.81. The van der Waals surface area contributed by atoms with E-state index in [1.807, 2.05) is 6.92 Å². The normalized spacial score (nSPS) is 14.8. The number of carbonyl (C=O) groups excluding carboxylic acids is 1. The number of benzene rings is 2. The summed E-state index contributed by atoms with van der Waals surface area (Å²) in [5, 5.41) is 25.6. The van der Waals surface area contributed by atoms with Crippen molar-refractivity contribution in [3.8, 4) is 11.1 Å². The molecule has 0 aliphatic carbocycles. The van der Waals surface area contributed by atoms with Crippen LogP contribution in [0.5, 0.6) is 0 Å². The lowest BCUT2D eigenvalue weighted by molar-refractivity contribution is -0.186. The Bertz CT molecular complexity index is 1240. The molecule has 0 bridgehead atoms. The first-order chi connectivity index (χ1) is 16.6. The van der Waals surface area contributed by atoms with Gasteiger partial charge < -0.3 is 25.6 Å². The van der Waals surface area contributed by atoms with Crippen molar-refractivity contribution in [2.75, 3.05) is 37.0 Å². The van der Waals surface area contributed by atoms with Crippen LogP contribution in [0.3, 0.4) is 0 Å². The van der Waals surface area contributed by atoms with E-state index in [0.717, 1.165) is 23.3 Å². The van der Waals surface area contributed by atoms with E-state index in [1.165, 1.54) is 12.1 Å². The molecule has 1 saturated heterocycles. The van der Waals surface area contributed by atoms with Crippen LogP contribution in [0.4, 0.5) is 24.7 Å². The highest BCUT2D eigenvalue weighted by Crippen LogP contribution is 2.35. The number of pyridine rings is 1. The number of amides is 1. The highest BCUT2D eigenvalue weighted by molar-refractivity contribution is 6.04. The lowest BCUT2D eigenvalue weighted by atomic mass is 9.93. The van der Waals surface area contributed by atoms with Crippen molar-refractivity contribution in [3.05, 3.63) is 77.0 Å². The Morgan fingerprint density at radius 1 is 1.14 bits per heavy atom. The topological polar surface area (TPSA) is 104 Å². The maximum absolute atomic E-state index is 13.0. The number of nitrogens with zero attached hydrogens (tertiary/aromatic N) is 1. The fourth-order valence-corrected chi connectivity index (χ4v) is 3.69. The quantitative estimate of drug-likeness (QED) is 0.403. The number of rotatable bonds is 7. The molecule has 184 valence electrons. The largest absolute Gasteiger partial charge is 0.416 e. The predicted molar refractivity (Wildman–Crippen MR) is 124 cm³/mol. The van der Waals surface area contributed by atoms with Crippen LogP contribution >= 0.6 is 0 Å². The van der Waals surface area contributed by atoms with E-state index in [4.69, 9.17) is 9.84 Å².